The fraction of sp³-hybridized carbons (Fsp3) is 0.111. The first-order valence-corrected chi connectivity index (χ1v) is 8.98. The number of ether oxygens (including phenoxy) is 1. The Kier molecular flexibility index (Phi) is 4.89. The van der Waals surface area contributed by atoms with Crippen LogP contribution >= 0.6 is 11.3 Å². The predicted molar refractivity (Wildman–Crippen MR) is 98.9 cm³/mol. The summed E-state index contributed by atoms with van der Waals surface area (Å²) in [5.41, 5.74) is 1.24. The van der Waals surface area contributed by atoms with Gasteiger partial charge in [-0.15, -0.1) is 0 Å². The lowest BCUT2D eigenvalue weighted by Gasteiger charge is -2.08. The van der Waals surface area contributed by atoms with Gasteiger partial charge in [-0.2, -0.15) is 13.2 Å². The number of fused-ring (bicyclic) bond motifs is 1. The molecule has 0 spiro atoms. The van der Waals surface area contributed by atoms with Crippen LogP contribution in [-0.2, 0) is 0 Å². The van der Waals surface area contributed by atoms with E-state index < -0.39 is 18.7 Å². The molecule has 1 amide bonds. The zero-order valence-electron chi connectivity index (χ0n) is 14.4. The number of pyridine rings is 1. The highest BCUT2D eigenvalue weighted by molar-refractivity contribution is 7.22. The van der Waals surface area contributed by atoms with E-state index in [9.17, 15) is 18.0 Å². The number of hydrogen-bond donors (Lipinski definition) is 1. The monoisotopic (exact) mass is 420 g/mol. The third kappa shape index (κ3) is 4.51. The summed E-state index contributed by atoms with van der Waals surface area (Å²) in [5, 5.41) is 6.60. The van der Waals surface area contributed by atoms with Crippen molar-refractivity contribution in [1.29, 1.82) is 0 Å². The molecule has 0 atom stereocenters. The number of carbonyl (C=O) groups excluding carboxylic acids is 1. The van der Waals surface area contributed by atoms with Gasteiger partial charge in [0.2, 0.25) is 0 Å². The molecule has 7 nitrogen and oxygen atoms in total. The number of benzene rings is 1. The van der Waals surface area contributed by atoms with Gasteiger partial charge >= 0.3 is 6.18 Å². The maximum atomic E-state index is 12.4. The molecule has 0 aliphatic carbocycles. The number of nitrogens with one attached hydrogen (secondary N) is 1. The summed E-state index contributed by atoms with van der Waals surface area (Å²) < 4.78 is 47.3. The van der Waals surface area contributed by atoms with Crippen molar-refractivity contribution in [1.82, 2.24) is 15.1 Å². The van der Waals surface area contributed by atoms with Gasteiger partial charge in [-0.1, -0.05) is 16.5 Å². The number of rotatable bonds is 5. The summed E-state index contributed by atoms with van der Waals surface area (Å²) in [6.07, 6.45) is -1.23. The van der Waals surface area contributed by atoms with Crippen molar-refractivity contribution in [2.45, 2.75) is 6.18 Å². The molecule has 0 aliphatic heterocycles. The summed E-state index contributed by atoms with van der Waals surface area (Å²) >= 11 is 1.10. The SMILES string of the molecule is O=C(Nc1nc2ccc(OCC(F)(F)F)cc2s1)c1cc(-c2cccnc2)on1. The van der Waals surface area contributed by atoms with E-state index >= 15 is 0 Å². The summed E-state index contributed by atoms with van der Waals surface area (Å²) in [6.45, 7) is -1.38. The number of anilines is 1. The Morgan fingerprint density at radius 1 is 1.24 bits per heavy atom. The van der Waals surface area contributed by atoms with Crippen molar-refractivity contribution < 1.29 is 27.2 Å². The van der Waals surface area contributed by atoms with E-state index in [1.807, 2.05) is 0 Å². The Hall–Kier alpha value is -3.47. The van der Waals surface area contributed by atoms with Crippen molar-refractivity contribution in [2.75, 3.05) is 11.9 Å². The molecule has 11 heteroatoms. The smallest absolute Gasteiger partial charge is 0.422 e. The van der Waals surface area contributed by atoms with Crippen molar-refractivity contribution in [3.63, 3.8) is 0 Å². The number of hydrogen-bond acceptors (Lipinski definition) is 7. The highest BCUT2D eigenvalue weighted by atomic mass is 32.1. The highest BCUT2D eigenvalue weighted by Crippen LogP contribution is 2.30. The van der Waals surface area contributed by atoms with E-state index in [2.05, 4.69) is 20.4 Å². The van der Waals surface area contributed by atoms with Crippen LogP contribution in [0, 0.1) is 0 Å². The van der Waals surface area contributed by atoms with Crippen molar-refractivity contribution in [3.8, 4) is 17.1 Å². The fourth-order valence-corrected chi connectivity index (χ4v) is 3.29. The number of alkyl halides is 3. The summed E-state index contributed by atoms with van der Waals surface area (Å²) in [7, 11) is 0. The highest BCUT2D eigenvalue weighted by Gasteiger charge is 2.28. The van der Waals surface area contributed by atoms with E-state index in [4.69, 9.17) is 9.26 Å². The van der Waals surface area contributed by atoms with Crippen molar-refractivity contribution in [3.05, 3.63) is 54.5 Å². The van der Waals surface area contributed by atoms with Gasteiger partial charge in [0.1, 0.15) is 5.75 Å². The summed E-state index contributed by atoms with van der Waals surface area (Å²) in [6, 6.07) is 9.31. The van der Waals surface area contributed by atoms with Gasteiger partial charge in [-0.05, 0) is 30.3 Å². The number of aromatic nitrogens is 3. The maximum absolute atomic E-state index is 12.4. The van der Waals surface area contributed by atoms with Gasteiger partial charge in [-0.25, -0.2) is 4.98 Å². The molecule has 3 aromatic heterocycles. The van der Waals surface area contributed by atoms with Gasteiger partial charge in [0, 0.05) is 24.0 Å². The number of thiazole rings is 1. The molecular formula is C18H11F3N4O3S. The molecule has 0 saturated carbocycles. The minimum atomic E-state index is -4.42. The van der Waals surface area contributed by atoms with E-state index in [0.717, 1.165) is 11.3 Å². The zero-order chi connectivity index (χ0) is 20.4. The van der Waals surface area contributed by atoms with E-state index in [0.29, 0.717) is 21.5 Å². The fourth-order valence-electron chi connectivity index (χ4n) is 2.40. The predicted octanol–water partition coefficient (Wildman–Crippen LogP) is 4.54. The second-order valence-electron chi connectivity index (χ2n) is 5.82. The largest absolute Gasteiger partial charge is 0.484 e. The van der Waals surface area contributed by atoms with Gasteiger partial charge in [0.25, 0.3) is 5.91 Å². The van der Waals surface area contributed by atoms with Crippen LogP contribution in [0.2, 0.25) is 0 Å². The van der Waals surface area contributed by atoms with Gasteiger partial charge < -0.3 is 9.26 Å². The standard InChI is InChI=1S/C18H11F3N4O3S/c19-18(20,21)9-27-11-3-4-12-15(6-11)29-17(23-12)24-16(26)13-7-14(28-25-13)10-2-1-5-22-8-10/h1-8H,9H2,(H,23,24,26). The Balaban J connectivity index is 1.47. The molecule has 0 saturated heterocycles. The van der Waals surface area contributed by atoms with Crippen LogP contribution in [0.1, 0.15) is 10.5 Å². The average molecular weight is 420 g/mol. The third-order valence-electron chi connectivity index (χ3n) is 3.67. The molecule has 1 N–H and O–H groups in total. The van der Waals surface area contributed by atoms with Crippen LogP contribution in [0.5, 0.6) is 5.75 Å². The normalized spacial score (nSPS) is 11.6. The van der Waals surface area contributed by atoms with E-state index in [-0.39, 0.29) is 16.6 Å². The van der Waals surface area contributed by atoms with Crippen LogP contribution in [-0.4, -0.2) is 33.8 Å². The Labute approximate surface area is 165 Å². The minimum Gasteiger partial charge on any atom is -0.484 e. The molecule has 0 aliphatic rings. The average Bonchev–Trinajstić information content (AvgIpc) is 3.33. The van der Waals surface area contributed by atoms with Crippen LogP contribution in [0.25, 0.3) is 21.5 Å². The van der Waals surface area contributed by atoms with Crippen LogP contribution in [0.3, 0.4) is 0 Å². The number of nitrogens with zero attached hydrogens (tertiary/aromatic N) is 3. The number of carbonyl (C=O) groups is 1. The molecule has 1 aromatic carbocycles. The molecule has 0 bridgehead atoms. The molecule has 29 heavy (non-hydrogen) atoms. The first-order valence-electron chi connectivity index (χ1n) is 8.16. The Bertz CT molecular complexity index is 1160. The van der Waals surface area contributed by atoms with Crippen LogP contribution < -0.4 is 10.1 Å². The molecular weight excluding hydrogens is 409 g/mol. The van der Waals surface area contributed by atoms with Crippen LogP contribution in [0.4, 0.5) is 18.3 Å². The molecule has 0 fully saturated rings. The molecule has 4 aromatic rings. The maximum Gasteiger partial charge on any atom is 0.422 e. The third-order valence-corrected chi connectivity index (χ3v) is 4.61. The van der Waals surface area contributed by atoms with Gasteiger partial charge in [0.15, 0.2) is 23.2 Å². The zero-order valence-corrected chi connectivity index (χ0v) is 15.3. The minimum absolute atomic E-state index is 0.0531. The number of halogens is 3. The lowest BCUT2D eigenvalue weighted by Crippen LogP contribution is -2.19. The molecule has 0 unspecified atom stereocenters. The van der Waals surface area contributed by atoms with Gasteiger partial charge in [0.05, 0.1) is 10.2 Å². The second kappa shape index (κ2) is 7.51. The van der Waals surface area contributed by atoms with Crippen molar-refractivity contribution in [2.24, 2.45) is 0 Å². The van der Waals surface area contributed by atoms with E-state index in [1.54, 1.807) is 24.5 Å². The van der Waals surface area contributed by atoms with E-state index in [1.165, 1.54) is 24.3 Å². The molecule has 3 heterocycles. The molecule has 148 valence electrons. The quantitative estimate of drug-likeness (QED) is 0.510. The lowest BCUT2D eigenvalue weighted by molar-refractivity contribution is -0.153. The first-order chi connectivity index (χ1) is 13.9. The number of amides is 1. The molecule has 4 rings (SSSR count). The first kappa shape index (κ1) is 18.9. The topological polar surface area (TPSA) is 90.1 Å². The Morgan fingerprint density at radius 3 is 2.86 bits per heavy atom. The lowest BCUT2D eigenvalue weighted by atomic mass is 10.2. The van der Waals surface area contributed by atoms with Gasteiger partial charge in [-0.3, -0.25) is 15.1 Å². The summed E-state index contributed by atoms with van der Waals surface area (Å²) in [4.78, 5) is 20.6. The second-order valence-corrected chi connectivity index (χ2v) is 6.86. The summed E-state index contributed by atoms with van der Waals surface area (Å²) in [5.74, 6) is -0.0792. The Morgan fingerprint density at radius 2 is 2.10 bits per heavy atom. The van der Waals surface area contributed by atoms with Crippen molar-refractivity contribution >= 4 is 32.6 Å². The van der Waals surface area contributed by atoms with Crippen LogP contribution in [0.15, 0.2) is 53.3 Å². The molecule has 0 radical (unpaired) electrons.